The van der Waals surface area contributed by atoms with Crippen LogP contribution in [-0.4, -0.2) is 47.5 Å². The number of rotatable bonds is 2. The SMILES string of the molecule is NCC1CCN(C(=O)[C@@H]2CSC(=O)N2)C1. The average molecular weight is 229 g/mol. The van der Waals surface area contributed by atoms with E-state index in [9.17, 15) is 9.59 Å². The Morgan fingerprint density at radius 2 is 2.47 bits per heavy atom. The molecule has 84 valence electrons. The third kappa shape index (κ3) is 2.26. The van der Waals surface area contributed by atoms with Crippen molar-refractivity contribution in [3.63, 3.8) is 0 Å². The van der Waals surface area contributed by atoms with Crippen LogP contribution < -0.4 is 11.1 Å². The molecule has 0 spiro atoms. The van der Waals surface area contributed by atoms with Crippen LogP contribution in [0.4, 0.5) is 4.79 Å². The summed E-state index contributed by atoms with van der Waals surface area (Å²) in [5.41, 5.74) is 5.56. The average Bonchev–Trinajstić information content (AvgIpc) is 2.84. The van der Waals surface area contributed by atoms with E-state index in [0.717, 1.165) is 19.5 Å². The number of likely N-dealkylation sites (tertiary alicyclic amines) is 1. The summed E-state index contributed by atoms with van der Waals surface area (Å²) in [6, 6.07) is -0.320. The molecule has 2 saturated heterocycles. The van der Waals surface area contributed by atoms with Gasteiger partial charge in [0.25, 0.3) is 5.24 Å². The maximum absolute atomic E-state index is 11.9. The molecule has 2 amide bonds. The number of carbonyl (C=O) groups is 2. The van der Waals surface area contributed by atoms with Gasteiger partial charge >= 0.3 is 0 Å². The van der Waals surface area contributed by atoms with E-state index in [1.807, 2.05) is 4.90 Å². The second-order valence-corrected chi connectivity index (χ2v) is 4.96. The molecule has 1 unspecified atom stereocenters. The van der Waals surface area contributed by atoms with E-state index in [0.29, 0.717) is 18.2 Å². The van der Waals surface area contributed by atoms with Crippen LogP contribution in [0, 0.1) is 5.92 Å². The topological polar surface area (TPSA) is 75.4 Å². The number of hydrogen-bond donors (Lipinski definition) is 2. The first kappa shape index (κ1) is 10.8. The lowest BCUT2D eigenvalue weighted by molar-refractivity contribution is -0.131. The lowest BCUT2D eigenvalue weighted by Gasteiger charge is -2.19. The molecule has 2 aliphatic heterocycles. The van der Waals surface area contributed by atoms with Crippen LogP contribution in [-0.2, 0) is 4.79 Å². The Labute approximate surface area is 92.7 Å². The van der Waals surface area contributed by atoms with E-state index < -0.39 is 0 Å². The van der Waals surface area contributed by atoms with Crippen LogP contribution in [0.2, 0.25) is 0 Å². The van der Waals surface area contributed by atoms with Crippen LogP contribution in [0.5, 0.6) is 0 Å². The maximum Gasteiger partial charge on any atom is 0.279 e. The van der Waals surface area contributed by atoms with Crippen molar-refractivity contribution in [2.45, 2.75) is 12.5 Å². The fraction of sp³-hybridized carbons (Fsp3) is 0.778. The first-order valence-corrected chi connectivity index (χ1v) is 6.11. The second kappa shape index (κ2) is 4.40. The van der Waals surface area contributed by atoms with Gasteiger partial charge in [0.05, 0.1) is 0 Å². The van der Waals surface area contributed by atoms with Gasteiger partial charge in [-0.3, -0.25) is 9.59 Å². The molecule has 0 radical (unpaired) electrons. The highest BCUT2D eigenvalue weighted by Gasteiger charge is 2.34. The Balaban J connectivity index is 1.89. The van der Waals surface area contributed by atoms with E-state index in [1.165, 1.54) is 11.8 Å². The number of nitrogens with two attached hydrogens (primary N) is 1. The van der Waals surface area contributed by atoms with Gasteiger partial charge in [-0.1, -0.05) is 11.8 Å². The van der Waals surface area contributed by atoms with Crippen LogP contribution in [0.15, 0.2) is 0 Å². The van der Waals surface area contributed by atoms with Gasteiger partial charge in [-0.25, -0.2) is 0 Å². The highest BCUT2D eigenvalue weighted by atomic mass is 32.2. The minimum Gasteiger partial charge on any atom is -0.341 e. The number of thioether (sulfide) groups is 1. The van der Waals surface area contributed by atoms with Crippen molar-refractivity contribution >= 4 is 22.9 Å². The molecule has 2 rings (SSSR count). The normalized spacial score (nSPS) is 30.7. The monoisotopic (exact) mass is 229 g/mol. The van der Waals surface area contributed by atoms with Crippen LogP contribution in [0.25, 0.3) is 0 Å². The smallest absolute Gasteiger partial charge is 0.279 e. The Hall–Kier alpha value is -0.750. The Kier molecular flexibility index (Phi) is 3.16. The second-order valence-electron chi connectivity index (χ2n) is 3.97. The van der Waals surface area contributed by atoms with E-state index >= 15 is 0 Å². The van der Waals surface area contributed by atoms with Crippen molar-refractivity contribution in [3.8, 4) is 0 Å². The van der Waals surface area contributed by atoms with Gasteiger partial charge in [-0.15, -0.1) is 0 Å². The Morgan fingerprint density at radius 3 is 3.00 bits per heavy atom. The zero-order valence-electron chi connectivity index (χ0n) is 8.44. The molecule has 0 aromatic heterocycles. The lowest BCUT2D eigenvalue weighted by atomic mass is 10.1. The fourth-order valence-electron chi connectivity index (χ4n) is 1.96. The van der Waals surface area contributed by atoms with Gasteiger partial charge in [-0.2, -0.15) is 0 Å². The molecule has 6 heteroatoms. The van der Waals surface area contributed by atoms with Crippen LogP contribution in [0.3, 0.4) is 0 Å². The predicted molar refractivity (Wildman–Crippen MR) is 58.5 cm³/mol. The van der Waals surface area contributed by atoms with E-state index in [-0.39, 0.29) is 17.2 Å². The number of nitrogens with zero attached hydrogens (tertiary/aromatic N) is 1. The predicted octanol–water partition coefficient (Wildman–Crippen LogP) is -0.381. The van der Waals surface area contributed by atoms with Gasteiger partial charge in [0.1, 0.15) is 6.04 Å². The molecular weight excluding hydrogens is 214 g/mol. The minimum atomic E-state index is -0.320. The zero-order valence-corrected chi connectivity index (χ0v) is 9.26. The van der Waals surface area contributed by atoms with Crippen molar-refractivity contribution in [1.82, 2.24) is 10.2 Å². The molecule has 2 fully saturated rings. The molecular formula is C9H15N3O2S. The highest BCUT2D eigenvalue weighted by Crippen LogP contribution is 2.19. The third-order valence-electron chi connectivity index (χ3n) is 2.90. The minimum absolute atomic E-state index is 0.0456. The Morgan fingerprint density at radius 1 is 1.67 bits per heavy atom. The van der Waals surface area contributed by atoms with Crippen LogP contribution in [0.1, 0.15) is 6.42 Å². The summed E-state index contributed by atoms with van der Waals surface area (Å²) in [5.74, 6) is 1.03. The van der Waals surface area contributed by atoms with E-state index in [1.54, 1.807) is 0 Å². The standard InChI is InChI=1S/C9H15N3O2S/c10-3-6-1-2-12(4-6)8(13)7-5-15-9(14)11-7/h6-7H,1-5,10H2,(H,11,14)/t6?,7-/m0/s1. The van der Waals surface area contributed by atoms with Crippen molar-refractivity contribution in [2.75, 3.05) is 25.4 Å². The molecule has 0 aliphatic carbocycles. The molecule has 3 N–H and O–H groups in total. The third-order valence-corrected chi connectivity index (χ3v) is 3.78. The quantitative estimate of drug-likeness (QED) is 0.677. The van der Waals surface area contributed by atoms with E-state index in [2.05, 4.69) is 5.32 Å². The summed E-state index contributed by atoms with van der Waals surface area (Å²) in [6.45, 7) is 2.15. The Bertz CT molecular complexity index is 285. The molecule has 2 aliphatic rings. The van der Waals surface area contributed by atoms with Crippen molar-refractivity contribution in [2.24, 2.45) is 11.7 Å². The number of amides is 2. The summed E-state index contributed by atoms with van der Waals surface area (Å²) in [5, 5.41) is 2.57. The van der Waals surface area contributed by atoms with Gasteiger partial charge in [0.15, 0.2) is 0 Å². The van der Waals surface area contributed by atoms with E-state index in [4.69, 9.17) is 5.73 Å². The van der Waals surface area contributed by atoms with Crippen LogP contribution >= 0.6 is 11.8 Å². The molecule has 0 bridgehead atoms. The zero-order chi connectivity index (χ0) is 10.8. The highest BCUT2D eigenvalue weighted by molar-refractivity contribution is 8.14. The summed E-state index contributed by atoms with van der Waals surface area (Å²) in [4.78, 5) is 24.7. The number of hydrogen-bond acceptors (Lipinski definition) is 4. The van der Waals surface area contributed by atoms with Crippen molar-refractivity contribution in [1.29, 1.82) is 0 Å². The van der Waals surface area contributed by atoms with Gasteiger partial charge in [-0.05, 0) is 18.9 Å². The maximum atomic E-state index is 11.9. The summed E-state index contributed by atoms with van der Waals surface area (Å²) < 4.78 is 0. The molecule has 0 aromatic rings. The lowest BCUT2D eigenvalue weighted by Crippen LogP contribution is -2.44. The number of carbonyl (C=O) groups excluding carboxylic acids is 2. The van der Waals surface area contributed by atoms with Crippen molar-refractivity contribution in [3.05, 3.63) is 0 Å². The van der Waals surface area contributed by atoms with Gasteiger partial charge in [0.2, 0.25) is 5.91 Å². The summed E-state index contributed by atoms with van der Waals surface area (Å²) in [7, 11) is 0. The molecule has 2 heterocycles. The number of nitrogens with one attached hydrogen (secondary N) is 1. The molecule has 5 nitrogen and oxygen atoms in total. The largest absolute Gasteiger partial charge is 0.341 e. The first-order chi connectivity index (χ1) is 7.20. The van der Waals surface area contributed by atoms with Gasteiger partial charge in [0, 0.05) is 18.8 Å². The van der Waals surface area contributed by atoms with Crippen molar-refractivity contribution < 1.29 is 9.59 Å². The molecule has 0 aromatic carbocycles. The molecule has 0 saturated carbocycles. The van der Waals surface area contributed by atoms with Gasteiger partial charge < -0.3 is 16.0 Å². The first-order valence-electron chi connectivity index (χ1n) is 5.13. The molecule has 2 atom stereocenters. The summed E-state index contributed by atoms with van der Waals surface area (Å²) in [6.07, 6.45) is 0.982. The molecule has 15 heavy (non-hydrogen) atoms. The fourth-order valence-corrected chi connectivity index (χ4v) is 2.73. The summed E-state index contributed by atoms with van der Waals surface area (Å²) >= 11 is 1.18.